The third-order valence-electron chi connectivity index (χ3n) is 4.88. The average Bonchev–Trinajstić information content (AvgIpc) is 3.21. The summed E-state index contributed by atoms with van der Waals surface area (Å²) < 4.78 is 33.0. The van der Waals surface area contributed by atoms with Gasteiger partial charge in [0.2, 0.25) is 0 Å². The first-order valence-electron chi connectivity index (χ1n) is 9.68. The largest absolute Gasteiger partial charge is 0.435 e. The Kier molecular flexibility index (Phi) is 6.94. The van der Waals surface area contributed by atoms with E-state index in [-0.39, 0.29) is 16.8 Å². The highest BCUT2D eigenvalue weighted by atomic mass is 32.2. The van der Waals surface area contributed by atoms with E-state index in [9.17, 15) is 13.6 Å². The molecule has 2 heterocycles. The highest BCUT2D eigenvalue weighted by Crippen LogP contribution is 2.29. The molecule has 0 aliphatic rings. The van der Waals surface area contributed by atoms with E-state index in [2.05, 4.69) is 21.5 Å². The van der Waals surface area contributed by atoms with Crippen LogP contribution in [0.4, 0.5) is 8.78 Å². The number of halogens is 2. The predicted molar refractivity (Wildman–Crippen MR) is 116 cm³/mol. The number of nitrogens with zero attached hydrogens (tertiary/aromatic N) is 4. The van der Waals surface area contributed by atoms with Crippen LogP contribution in [0.3, 0.4) is 0 Å². The van der Waals surface area contributed by atoms with E-state index >= 15 is 0 Å². The van der Waals surface area contributed by atoms with Crippen LogP contribution in [0, 0.1) is 20.8 Å². The number of carbonyl (C=O) groups excluding carboxylic acids is 1. The van der Waals surface area contributed by atoms with E-state index in [0.29, 0.717) is 17.3 Å². The lowest BCUT2D eigenvalue weighted by molar-refractivity contribution is -0.0498. The van der Waals surface area contributed by atoms with Gasteiger partial charge >= 0.3 is 6.61 Å². The Morgan fingerprint density at radius 3 is 2.52 bits per heavy atom. The summed E-state index contributed by atoms with van der Waals surface area (Å²) in [6.45, 7) is 8.92. The van der Waals surface area contributed by atoms with E-state index in [0.717, 1.165) is 22.9 Å². The minimum absolute atomic E-state index is 0.0205. The number of rotatable bonds is 9. The quantitative estimate of drug-likeness (QED) is 0.259. The van der Waals surface area contributed by atoms with Crippen LogP contribution in [0.5, 0.6) is 5.75 Å². The van der Waals surface area contributed by atoms with Crippen molar-refractivity contribution in [3.63, 3.8) is 0 Å². The van der Waals surface area contributed by atoms with Crippen molar-refractivity contribution < 1.29 is 18.3 Å². The highest BCUT2D eigenvalue weighted by Gasteiger charge is 2.24. The van der Waals surface area contributed by atoms with Crippen LogP contribution in [0.15, 0.2) is 48.1 Å². The van der Waals surface area contributed by atoms with Gasteiger partial charge in [-0.15, -0.1) is 16.8 Å². The average molecular weight is 447 g/mol. The maximum Gasteiger partial charge on any atom is 0.387 e. The number of thioether (sulfide) groups is 1. The molecule has 0 aliphatic heterocycles. The summed E-state index contributed by atoms with van der Waals surface area (Å²) in [6.07, 6.45) is 1.76. The molecule has 164 valence electrons. The van der Waals surface area contributed by atoms with E-state index < -0.39 is 6.61 Å². The fourth-order valence-corrected chi connectivity index (χ4v) is 4.38. The Balaban J connectivity index is 1.84. The molecular formula is C22H24F2N4O2S. The number of carbonyl (C=O) groups is 1. The second-order valence-corrected chi connectivity index (χ2v) is 8.35. The number of aryl methyl sites for hydroxylation is 2. The lowest BCUT2D eigenvalue weighted by Gasteiger charge is -2.13. The monoisotopic (exact) mass is 446 g/mol. The van der Waals surface area contributed by atoms with E-state index in [1.165, 1.54) is 23.9 Å². The minimum Gasteiger partial charge on any atom is -0.435 e. The second kappa shape index (κ2) is 9.47. The van der Waals surface area contributed by atoms with Crippen LogP contribution in [-0.2, 0) is 6.54 Å². The number of hydrogen-bond donors (Lipinski definition) is 0. The van der Waals surface area contributed by atoms with Crippen molar-refractivity contribution in [2.75, 3.05) is 0 Å². The molecule has 0 spiro atoms. The maximum absolute atomic E-state index is 13.2. The number of ether oxygens (including phenoxy) is 1. The summed E-state index contributed by atoms with van der Waals surface area (Å²) in [6, 6.07) is 8.18. The summed E-state index contributed by atoms with van der Waals surface area (Å²) in [5.41, 5.74) is 3.02. The molecule has 31 heavy (non-hydrogen) atoms. The van der Waals surface area contributed by atoms with E-state index in [1.807, 2.05) is 42.9 Å². The van der Waals surface area contributed by atoms with Crippen molar-refractivity contribution in [3.05, 3.63) is 65.8 Å². The van der Waals surface area contributed by atoms with Gasteiger partial charge < -0.3 is 13.9 Å². The summed E-state index contributed by atoms with van der Waals surface area (Å²) in [4.78, 5) is 13.2. The Morgan fingerprint density at radius 1 is 1.23 bits per heavy atom. The van der Waals surface area contributed by atoms with Gasteiger partial charge in [-0.2, -0.15) is 8.78 Å². The van der Waals surface area contributed by atoms with Crippen LogP contribution < -0.4 is 4.74 Å². The number of hydrogen-bond acceptors (Lipinski definition) is 5. The first-order valence-corrected chi connectivity index (χ1v) is 10.6. The van der Waals surface area contributed by atoms with Gasteiger partial charge in [-0.3, -0.25) is 4.79 Å². The van der Waals surface area contributed by atoms with Gasteiger partial charge in [-0.25, -0.2) is 0 Å². The van der Waals surface area contributed by atoms with Crippen molar-refractivity contribution in [2.45, 2.75) is 51.3 Å². The summed E-state index contributed by atoms with van der Waals surface area (Å²) in [5.74, 6) is 0.828. The SMILES string of the molecule is C=CCn1c(C)nnc1SC(C)C(=O)c1cc(C)n(-c2ccc(OC(F)F)cc2)c1C. The number of Topliss-reactive ketones (excluding diaryl/α,β-unsaturated/α-hetero) is 1. The molecule has 0 N–H and O–H groups in total. The number of aromatic nitrogens is 4. The summed E-state index contributed by atoms with van der Waals surface area (Å²) in [5, 5.41) is 8.57. The molecule has 6 nitrogen and oxygen atoms in total. The first kappa shape index (κ1) is 22.7. The van der Waals surface area contributed by atoms with E-state index in [4.69, 9.17) is 0 Å². The molecule has 0 saturated carbocycles. The zero-order valence-corrected chi connectivity index (χ0v) is 18.6. The van der Waals surface area contributed by atoms with Crippen molar-refractivity contribution in [1.29, 1.82) is 0 Å². The topological polar surface area (TPSA) is 61.9 Å². The summed E-state index contributed by atoms with van der Waals surface area (Å²) in [7, 11) is 0. The third-order valence-corrected chi connectivity index (χ3v) is 5.96. The van der Waals surface area contributed by atoms with E-state index in [1.54, 1.807) is 18.2 Å². The van der Waals surface area contributed by atoms with Gasteiger partial charge in [-0.05, 0) is 58.0 Å². The molecule has 3 aromatic rings. The predicted octanol–water partition coefficient (Wildman–Crippen LogP) is 5.14. The highest BCUT2D eigenvalue weighted by molar-refractivity contribution is 8.00. The normalized spacial score (nSPS) is 12.2. The second-order valence-electron chi connectivity index (χ2n) is 7.05. The molecule has 3 rings (SSSR count). The third kappa shape index (κ3) is 4.87. The molecule has 0 amide bonds. The number of benzene rings is 1. The fourth-order valence-electron chi connectivity index (χ4n) is 3.40. The molecule has 1 aromatic carbocycles. The molecule has 2 aromatic heterocycles. The van der Waals surface area contributed by atoms with Crippen LogP contribution in [-0.4, -0.2) is 37.0 Å². The number of alkyl halides is 2. The minimum atomic E-state index is -2.87. The van der Waals surface area contributed by atoms with Gasteiger partial charge in [-0.1, -0.05) is 17.8 Å². The molecule has 0 saturated heterocycles. The zero-order valence-electron chi connectivity index (χ0n) is 17.8. The standard InChI is InChI=1S/C22H24F2N4O2S/c1-6-11-27-16(5)25-26-22(27)31-15(4)20(29)19-12-13(2)28(14(19)3)17-7-9-18(10-8-17)30-21(23)24/h6-10,12,15,21H,1,11H2,2-5H3. The summed E-state index contributed by atoms with van der Waals surface area (Å²) >= 11 is 1.36. The van der Waals surface area contributed by atoms with Gasteiger partial charge in [0.15, 0.2) is 10.9 Å². The smallest absolute Gasteiger partial charge is 0.387 e. The van der Waals surface area contributed by atoms with Crippen molar-refractivity contribution in [2.24, 2.45) is 0 Å². The van der Waals surface area contributed by atoms with Crippen LogP contribution in [0.25, 0.3) is 5.69 Å². The molecule has 1 atom stereocenters. The Bertz CT molecular complexity index is 1090. The van der Waals surface area contributed by atoms with Crippen molar-refractivity contribution >= 4 is 17.5 Å². The lowest BCUT2D eigenvalue weighted by Crippen LogP contribution is -2.16. The van der Waals surface area contributed by atoms with Crippen LogP contribution >= 0.6 is 11.8 Å². The van der Waals surface area contributed by atoms with Gasteiger partial charge in [0.05, 0.1) is 5.25 Å². The zero-order chi connectivity index (χ0) is 22.7. The van der Waals surface area contributed by atoms with Crippen molar-refractivity contribution in [1.82, 2.24) is 19.3 Å². The van der Waals surface area contributed by atoms with Crippen LogP contribution in [0.1, 0.15) is 34.5 Å². The van der Waals surface area contributed by atoms with Gasteiger partial charge in [0.25, 0.3) is 0 Å². The lowest BCUT2D eigenvalue weighted by atomic mass is 10.1. The van der Waals surface area contributed by atoms with Crippen molar-refractivity contribution in [3.8, 4) is 11.4 Å². The fraction of sp³-hybridized carbons (Fsp3) is 0.318. The maximum atomic E-state index is 13.2. The number of ketones is 1. The molecule has 0 fully saturated rings. The van der Waals surface area contributed by atoms with Gasteiger partial charge in [0.1, 0.15) is 11.6 Å². The molecule has 9 heteroatoms. The first-order chi connectivity index (χ1) is 14.7. The van der Waals surface area contributed by atoms with Gasteiger partial charge in [0, 0.05) is 29.2 Å². The molecule has 0 bridgehead atoms. The Labute approximate surface area is 183 Å². The molecule has 1 unspecified atom stereocenters. The Morgan fingerprint density at radius 2 is 1.90 bits per heavy atom. The van der Waals surface area contributed by atoms with Crippen LogP contribution in [0.2, 0.25) is 0 Å². The molecule has 0 aliphatic carbocycles. The Hall–Kier alpha value is -2.94. The number of allylic oxidation sites excluding steroid dienone is 1. The molecule has 0 radical (unpaired) electrons. The molecular weight excluding hydrogens is 422 g/mol.